The molecule has 0 spiro atoms. The van der Waals surface area contributed by atoms with Crippen LogP contribution >= 0.6 is 0 Å². The van der Waals surface area contributed by atoms with E-state index in [9.17, 15) is 9.90 Å². The van der Waals surface area contributed by atoms with E-state index in [2.05, 4.69) is 5.32 Å². The average molecular weight is 270 g/mol. The van der Waals surface area contributed by atoms with Gasteiger partial charge in [0, 0.05) is 18.3 Å². The molecule has 104 valence electrons. The van der Waals surface area contributed by atoms with Gasteiger partial charge in [-0.15, -0.1) is 0 Å². The molecule has 2 aromatic carbocycles. The fourth-order valence-corrected chi connectivity index (χ4v) is 2.02. The number of carbonyl (C=O) groups is 1. The second kappa shape index (κ2) is 6.10. The van der Waals surface area contributed by atoms with Crippen molar-refractivity contribution in [2.45, 2.75) is 13.8 Å². The molecular weight excluding hydrogens is 252 g/mol. The molecule has 20 heavy (non-hydrogen) atoms. The highest BCUT2D eigenvalue weighted by Crippen LogP contribution is 2.25. The molecule has 0 aliphatic heterocycles. The zero-order chi connectivity index (χ0) is 14.5. The van der Waals surface area contributed by atoms with Crippen molar-refractivity contribution in [2.24, 2.45) is 0 Å². The average Bonchev–Trinajstić information content (AvgIpc) is 2.44. The smallest absolute Gasteiger partial charge is 0.326 e. The van der Waals surface area contributed by atoms with Gasteiger partial charge in [-0.25, -0.2) is 4.79 Å². The third-order valence-corrected chi connectivity index (χ3v) is 3.07. The van der Waals surface area contributed by atoms with Crippen LogP contribution in [0, 0.1) is 6.92 Å². The fourth-order valence-electron chi connectivity index (χ4n) is 2.02. The monoisotopic (exact) mass is 270 g/mol. The number of aryl methyl sites for hydroxylation is 1. The first kappa shape index (κ1) is 13.9. The predicted octanol–water partition coefficient (Wildman–Crippen LogP) is 3.76. The van der Waals surface area contributed by atoms with E-state index >= 15 is 0 Å². The molecule has 2 N–H and O–H groups in total. The van der Waals surface area contributed by atoms with Crippen molar-refractivity contribution in [2.75, 3.05) is 16.8 Å². The van der Waals surface area contributed by atoms with Crippen LogP contribution in [0.1, 0.15) is 12.5 Å². The Labute approximate surface area is 118 Å². The lowest BCUT2D eigenvalue weighted by atomic mass is 10.1. The lowest BCUT2D eigenvalue weighted by Crippen LogP contribution is -2.35. The summed E-state index contributed by atoms with van der Waals surface area (Å²) in [6.45, 7) is 4.32. The van der Waals surface area contributed by atoms with Crippen molar-refractivity contribution >= 4 is 17.4 Å². The zero-order valence-corrected chi connectivity index (χ0v) is 11.6. The normalized spacial score (nSPS) is 10.1. The molecule has 0 bridgehead atoms. The summed E-state index contributed by atoms with van der Waals surface area (Å²) < 4.78 is 0. The van der Waals surface area contributed by atoms with Crippen LogP contribution in [0.15, 0.2) is 48.5 Å². The van der Waals surface area contributed by atoms with Gasteiger partial charge >= 0.3 is 6.03 Å². The van der Waals surface area contributed by atoms with Gasteiger partial charge in [0.05, 0.1) is 5.69 Å². The summed E-state index contributed by atoms with van der Waals surface area (Å²) in [5.41, 5.74) is 2.39. The van der Waals surface area contributed by atoms with E-state index in [1.165, 1.54) is 0 Å². The van der Waals surface area contributed by atoms with Crippen molar-refractivity contribution < 1.29 is 9.90 Å². The first-order chi connectivity index (χ1) is 9.61. The Bertz CT molecular complexity index is 597. The van der Waals surface area contributed by atoms with Crippen molar-refractivity contribution in [1.29, 1.82) is 0 Å². The topological polar surface area (TPSA) is 52.6 Å². The number of phenols is 1. The predicted molar refractivity (Wildman–Crippen MR) is 81.3 cm³/mol. The van der Waals surface area contributed by atoms with E-state index in [0.29, 0.717) is 12.2 Å². The summed E-state index contributed by atoms with van der Waals surface area (Å²) >= 11 is 0. The van der Waals surface area contributed by atoms with Crippen LogP contribution < -0.4 is 10.2 Å². The van der Waals surface area contributed by atoms with Gasteiger partial charge in [-0.05, 0) is 37.6 Å². The van der Waals surface area contributed by atoms with Gasteiger partial charge in [0.25, 0.3) is 0 Å². The lowest BCUT2D eigenvalue weighted by Gasteiger charge is -2.23. The Morgan fingerprint density at radius 1 is 1.20 bits per heavy atom. The molecule has 2 rings (SSSR count). The van der Waals surface area contributed by atoms with Crippen molar-refractivity contribution in [3.05, 3.63) is 54.1 Å². The number of hydrogen-bond acceptors (Lipinski definition) is 2. The molecule has 0 unspecified atom stereocenters. The van der Waals surface area contributed by atoms with Crippen molar-refractivity contribution in [3.63, 3.8) is 0 Å². The molecule has 0 saturated heterocycles. The number of phenolic OH excluding ortho intramolecular Hbond substituents is 1. The molecule has 0 aliphatic carbocycles. The molecule has 2 aromatic rings. The number of nitrogens with one attached hydrogen (secondary N) is 1. The maximum absolute atomic E-state index is 12.3. The fraction of sp³-hybridized carbons (Fsp3) is 0.188. The number of para-hydroxylation sites is 1. The van der Waals surface area contributed by atoms with Gasteiger partial charge < -0.3 is 10.4 Å². The Morgan fingerprint density at radius 3 is 2.55 bits per heavy atom. The van der Waals surface area contributed by atoms with Crippen LogP contribution in [0.25, 0.3) is 0 Å². The van der Waals surface area contributed by atoms with Crippen LogP contribution in [-0.2, 0) is 0 Å². The third kappa shape index (κ3) is 3.09. The SMILES string of the molecule is CCN(C(=O)Nc1ccccc1)c1cc(O)ccc1C. The Hall–Kier alpha value is -2.49. The number of amides is 2. The number of urea groups is 1. The molecule has 2 amide bonds. The van der Waals surface area contributed by atoms with Crippen LogP contribution in [0.4, 0.5) is 16.2 Å². The number of anilines is 2. The molecule has 0 radical (unpaired) electrons. The summed E-state index contributed by atoms with van der Waals surface area (Å²) in [7, 11) is 0. The summed E-state index contributed by atoms with van der Waals surface area (Å²) in [5.74, 6) is 0.150. The van der Waals surface area contributed by atoms with Crippen molar-refractivity contribution in [1.82, 2.24) is 0 Å². The number of hydrogen-bond donors (Lipinski definition) is 2. The van der Waals surface area contributed by atoms with Crippen LogP contribution in [-0.4, -0.2) is 17.7 Å². The summed E-state index contributed by atoms with van der Waals surface area (Å²) in [6.07, 6.45) is 0. The van der Waals surface area contributed by atoms with Crippen LogP contribution in [0.5, 0.6) is 5.75 Å². The van der Waals surface area contributed by atoms with Crippen LogP contribution in [0.3, 0.4) is 0 Å². The van der Waals surface area contributed by atoms with Gasteiger partial charge in [-0.3, -0.25) is 4.90 Å². The van der Waals surface area contributed by atoms with Crippen LogP contribution in [0.2, 0.25) is 0 Å². The molecule has 0 aromatic heterocycles. The standard InChI is InChI=1S/C16H18N2O2/c1-3-18(15-11-14(19)10-9-12(15)2)16(20)17-13-7-5-4-6-8-13/h4-11,19H,3H2,1-2H3,(H,17,20). The van der Waals surface area contributed by atoms with E-state index in [-0.39, 0.29) is 11.8 Å². The third-order valence-electron chi connectivity index (χ3n) is 3.07. The highest BCUT2D eigenvalue weighted by atomic mass is 16.3. The molecule has 4 nitrogen and oxygen atoms in total. The molecular formula is C16H18N2O2. The highest BCUT2D eigenvalue weighted by Gasteiger charge is 2.16. The second-order valence-electron chi connectivity index (χ2n) is 4.51. The lowest BCUT2D eigenvalue weighted by molar-refractivity contribution is 0.257. The minimum Gasteiger partial charge on any atom is -0.508 e. The number of rotatable bonds is 3. The summed E-state index contributed by atoms with van der Waals surface area (Å²) in [6, 6.07) is 14.1. The van der Waals surface area contributed by atoms with E-state index in [4.69, 9.17) is 0 Å². The highest BCUT2D eigenvalue weighted by molar-refractivity contribution is 6.02. The van der Waals surface area contributed by atoms with Gasteiger partial charge in [0.15, 0.2) is 0 Å². The van der Waals surface area contributed by atoms with E-state index < -0.39 is 0 Å². The zero-order valence-electron chi connectivity index (χ0n) is 11.6. The number of nitrogens with zero attached hydrogens (tertiary/aromatic N) is 1. The number of carbonyl (C=O) groups excluding carboxylic acids is 1. The quantitative estimate of drug-likeness (QED) is 0.892. The van der Waals surface area contributed by atoms with E-state index in [1.807, 2.05) is 44.2 Å². The Morgan fingerprint density at radius 2 is 1.90 bits per heavy atom. The molecule has 4 heteroatoms. The van der Waals surface area contributed by atoms with E-state index in [0.717, 1.165) is 11.3 Å². The maximum Gasteiger partial charge on any atom is 0.326 e. The second-order valence-corrected chi connectivity index (χ2v) is 4.51. The van der Waals surface area contributed by atoms with Gasteiger partial charge in [-0.2, -0.15) is 0 Å². The maximum atomic E-state index is 12.3. The Kier molecular flexibility index (Phi) is 4.25. The molecule has 0 aliphatic rings. The largest absolute Gasteiger partial charge is 0.508 e. The van der Waals surface area contributed by atoms with Gasteiger partial charge in [-0.1, -0.05) is 24.3 Å². The van der Waals surface area contributed by atoms with Gasteiger partial charge in [0.2, 0.25) is 0 Å². The summed E-state index contributed by atoms with van der Waals surface area (Å²) in [4.78, 5) is 13.9. The Balaban J connectivity index is 2.23. The first-order valence-corrected chi connectivity index (χ1v) is 6.55. The molecule has 0 fully saturated rings. The summed E-state index contributed by atoms with van der Waals surface area (Å²) in [5, 5.41) is 12.4. The number of benzene rings is 2. The first-order valence-electron chi connectivity index (χ1n) is 6.55. The minimum atomic E-state index is -0.215. The number of aromatic hydroxyl groups is 1. The molecule has 0 heterocycles. The molecule has 0 atom stereocenters. The van der Waals surface area contributed by atoms with Gasteiger partial charge in [0.1, 0.15) is 5.75 Å². The minimum absolute atomic E-state index is 0.150. The molecule has 0 saturated carbocycles. The van der Waals surface area contributed by atoms with Crippen molar-refractivity contribution in [3.8, 4) is 5.75 Å². The van der Waals surface area contributed by atoms with E-state index in [1.54, 1.807) is 23.1 Å².